The van der Waals surface area contributed by atoms with Crippen molar-refractivity contribution >= 4 is 5.97 Å². The summed E-state index contributed by atoms with van der Waals surface area (Å²) in [7, 11) is 0. The molecule has 1 saturated carbocycles. The number of hydrogen-bond acceptors (Lipinski definition) is 5. The van der Waals surface area contributed by atoms with Gasteiger partial charge in [0, 0.05) is 13.0 Å². The quantitative estimate of drug-likeness (QED) is 0.869. The predicted molar refractivity (Wildman–Crippen MR) is 69.2 cm³/mol. The molecule has 1 aromatic heterocycles. The number of tetrazole rings is 1. The third-order valence-electron chi connectivity index (χ3n) is 4.48. The first kappa shape index (κ1) is 13.5. The predicted octanol–water partition coefficient (Wildman–Crippen LogP) is 1.14. The third-order valence-corrected chi connectivity index (χ3v) is 4.48. The highest BCUT2D eigenvalue weighted by Gasteiger charge is 2.48. The van der Waals surface area contributed by atoms with E-state index < -0.39 is 11.5 Å². The SMILES string of the molecule is O=C(O)C1(n2nnnc2CCC2CCCCO2)CCC1. The Morgan fingerprint density at radius 3 is 2.85 bits per heavy atom. The molecule has 0 bridgehead atoms. The summed E-state index contributed by atoms with van der Waals surface area (Å²) in [4.78, 5) is 11.5. The minimum absolute atomic E-state index is 0.260. The molecule has 1 aliphatic heterocycles. The average molecular weight is 280 g/mol. The van der Waals surface area contributed by atoms with Gasteiger partial charge in [-0.2, -0.15) is 0 Å². The van der Waals surface area contributed by atoms with Crippen molar-refractivity contribution in [2.45, 2.75) is 63.0 Å². The van der Waals surface area contributed by atoms with E-state index in [4.69, 9.17) is 4.74 Å². The molecule has 2 heterocycles. The lowest BCUT2D eigenvalue weighted by Crippen LogP contribution is -2.49. The highest BCUT2D eigenvalue weighted by molar-refractivity contribution is 5.77. The fourth-order valence-corrected chi connectivity index (χ4v) is 3.05. The molecule has 2 aliphatic rings. The number of aromatic nitrogens is 4. The molecule has 0 spiro atoms. The molecule has 2 fully saturated rings. The van der Waals surface area contributed by atoms with Crippen molar-refractivity contribution < 1.29 is 14.6 Å². The van der Waals surface area contributed by atoms with Crippen LogP contribution in [0.5, 0.6) is 0 Å². The van der Waals surface area contributed by atoms with E-state index in [1.165, 1.54) is 11.1 Å². The number of hydrogen-bond donors (Lipinski definition) is 1. The number of aryl methyl sites for hydroxylation is 1. The second-order valence-corrected chi connectivity index (χ2v) is 5.72. The Hall–Kier alpha value is -1.50. The van der Waals surface area contributed by atoms with Crippen molar-refractivity contribution in [2.24, 2.45) is 0 Å². The van der Waals surface area contributed by atoms with Gasteiger partial charge in [-0.3, -0.25) is 0 Å². The molecule has 7 nitrogen and oxygen atoms in total. The van der Waals surface area contributed by atoms with Gasteiger partial charge in [0.05, 0.1) is 6.10 Å². The van der Waals surface area contributed by atoms with Crippen molar-refractivity contribution in [3.8, 4) is 0 Å². The van der Waals surface area contributed by atoms with Crippen molar-refractivity contribution in [1.29, 1.82) is 0 Å². The highest BCUT2D eigenvalue weighted by Crippen LogP contribution is 2.39. The summed E-state index contributed by atoms with van der Waals surface area (Å²) in [5.74, 6) is -0.160. The molecule has 0 radical (unpaired) electrons. The maximum absolute atomic E-state index is 11.5. The lowest BCUT2D eigenvalue weighted by molar-refractivity contribution is -0.153. The van der Waals surface area contributed by atoms with Gasteiger partial charge in [0.2, 0.25) is 0 Å². The van der Waals surface area contributed by atoms with Crippen molar-refractivity contribution in [3.63, 3.8) is 0 Å². The smallest absolute Gasteiger partial charge is 0.331 e. The van der Waals surface area contributed by atoms with E-state index in [1.54, 1.807) is 0 Å². The molecule has 1 unspecified atom stereocenters. The molecular formula is C13H20N4O3. The lowest BCUT2D eigenvalue weighted by atomic mass is 9.77. The first-order chi connectivity index (χ1) is 9.72. The maximum Gasteiger partial charge on any atom is 0.331 e. The minimum Gasteiger partial charge on any atom is -0.479 e. The number of rotatable bonds is 5. The number of carboxylic acids is 1. The summed E-state index contributed by atoms with van der Waals surface area (Å²) in [6, 6.07) is 0. The fourth-order valence-electron chi connectivity index (χ4n) is 3.05. The molecule has 3 rings (SSSR count). The molecule has 0 amide bonds. The zero-order valence-corrected chi connectivity index (χ0v) is 11.5. The van der Waals surface area contributed by atoms with E-state index in [1.807, 2.05) is 0 Å². The molecule has 7 heteroatoms. The van der Waals surface area contributed by atoms with Gasteiger partial charge in [-0.05, 0) is 55.4 Å². The Labute approximate surface area is 117 Å². The van der Waals surface area contributed by atoms with Crippen LogP contribution < -0.4 is 0 Å². The van der Waals surface area contributed by atoms with Gasteiger partial charge in [-0.25, -0.2) is 9.48 Å². The molecular weight excluding hydrogens is 260 g/mol. The van der Waals surface area contributed by atoms with Crippen LogP contribution in [-0.4, -0.2) is 44.0 Å². The third kappa shape index (κ3) is 2.30. The maximum atomic E-state index is 11.5. The number of aliphatic carboxylic acids is 1. The summed E-state index contributed by atoms with van der Waals surface area (Å²) >= 11 is 0. The van der Waals surface area contributed by atoms with Crippen LogP contribution in [0.3, 0.4) is 0 Å². The van der Waals surface area contributed by atoms with E-state index in [2.05, 4.69) is 15.5 Å². The minimum atomic E-state index is -0.910. The van der Waals surface area contributed by atoms with Crippen LogP contribution in [0.25, 0.3) is 0 Å². The van der Waals surface area contributed by atoms with Gasteiger partial charge in [0.15, 0.2) is 11.4 Å². The molecule has 1 aromatic rings. The van der Waals surface area contributed by atoms with Crippen LogP contribution in [0.4, 0.5) is 0 Å². The van der Waals surface area contributed by atoms with Crippen LogP contribution in [0, 0.1) is 0 Å². The second-order valence-electron chi connectivity index (χ2n) is 5.72. The van der Waals surface area contributed by atoms with Gasteiger partial charge < -0.3 is 9.84 Å². The first-order valence-electron chi connectivity index (χ1n) is 7.35. The van der Waals surface area contributed by atoms with Gasteiger partial charge in [-0.1, -0.05) is 0 Å². The average Bonchev–Trinajstić information content (AvgIpc) is 2.85. The van der Waals surface area contributed by atoms with Gasteiger partial charge in [0.25, 0.3) is 0 Å². The summed E-state index contributed by atoms with van der Waals surface area (Å²) < 4.78 is 7.22. The summed E-state index contributed by atoms with van der Waals surface area (Å²) in [5, 5.41) is 21.1. The first-order valence-corrected chi connectivity index (χ1v) is 7.35. The Bertz CT molecular complexity index is 478. The Kier molecular flexibility index (Phi) is 3.69. The molecule has 1 aliphatic carbocycles. The number of carbonyl (C=O) groups is 1. The van der Waals surface area contributed by atoms with Crippen LogP contribution in [0.15, 0.2) is 0 Å². The van der Waals surface area contributed by atoms with E-state index in [0.29, 0.717) is 25.1 Å². The molecule has 0 aromatic carbocycles. The normalized spacial score (nSPS) is 25.1. The van der Waals surface area contributed by atoms with Crippen LogP contribution >= 0.6 is 0 Å². The zero-order chi connectivity index (χ0) is 14.0. The van der Waals surface area contributed by atoms with Crippen molar-refractivity contribution in [2.75, 3.05) is 6.61 Å². The second kappa shape index (κ2) is 5.47. The van der Waals surface area contributed by atoms with Crippen LogP contribution in [0.2, 0.25) is 0 Å². The monoisotopic (exact) mass is 280 g/mol. The largest absolute Gasteiger partial charge is 0.479 e. The van der Waals surface area contributed by atoms with Crippen LogP contribution in [0.1, 0.15) is 50.8 Å². The fraction of sp³-hybridized carbons (Fsp3) is 0.846. The number of nitrogens with zero attached hydrogens (tertiary/aromatic N) is 4. The molecule has 1 saturated heterocycles. The topological polar surface area (TPSA) is 90.1 Å². The summed E-state index contributed by atoms with van der Waals surface area (Å²) in [5.41, 5.74) is -0.910. The summed E-state index contributed by atoms with van der Waals surface area (Å²) in [6.45, 7) is 0.828. The Balaban J connectivity index is 1.68. The Morgan fingerprint density at radius 2 is 2.25 bits per heavy atom. The number of carboxylic acid groups (broad SMARTS) is 1. The lowest BCUT2D eigenvalue weighted by Gasteiger charge is -2.37. The van der Waals surface area contributed by atoms with Crippen molar-refractivity contribution in [3.05, 3.63) is 5.82 Å². The van der Waals surface area contributed by atoms with Gasteiger partial charge >= 0.3 is 5.97 Å². The molecule has 110 valence electrons. The molecule has 1 atom stereocenters. The van der Waals surface area contributed by atoms with Gasteiger partial charge in [-0.15, -0.1) is 5.10 Å². The molecule has 1 N–H and O–H groups in total. The zero-order valence-electron chi connectivity index (χ0n) is 11.5. The Morgan fingerprint density at radius 1 is 1.40 bits per heavy atom. The van der Waals surface area contributed by atoms with Crippen molar-refractivity contribution in [1.82, 2.24) is 20.2 Å². The van der Waals surface area contributed by atoms with E-state index in [0.717, 1.165) is 32.3 Å². The number of ether oxygens (including phenoxy) is 1. The summed E-state index contributed by atoms with van der Waals surface area (Å²) in [6.07, 6.45) is 7.34. The van der Waals surface area contributed by atoms with E-state index in [-0.39, 0.29) is 6.10 Å². The standard InChI is InChI=1S/C13H20N4O3/c18-12(19)13(7-3-8-13)17-11(14-15-16-17)6-5-10-4-1-2-9-20-10/h10H,1-9H2,(H,18,19). The van der Waals surface area contributed by atoms with Gasteiger partial charge in [0.1, 0.15) is 0 Å². The van der Waals surface area contributed by atoms with Crippen LogP contribution in [-0.2, 0) is 21.5 Å². The van der Waals surface area contributed by atoms with E-state index in [9.17, 15) is 9.90 Å². The highest BCUT2D eigenvalue weighted by atomic mass is 16.5. The molecule has 20 heavy (non-hydrogen) atoms. The van der Waals surface area contributed by atoms with E-state index >= 15 is 0 Å².